The van der Waals surface area contributed by atoms with Gasteiger partial charge in [-0.15, -0.1) is 0 Å². The fraction of sp³-hybridized carbons (Fsp3) is 0.176. The van der Waals surface area contributed by atoms with Crippen molar-refractivity contribution in [3.63, 3.8) is 0 Å². The van der Waals surface area contributed by atoms with E-state index in [2.05, 4.69) is 26.2 Å². The van der Waals surface area contributed by atoms with E-state index in [1.165, 1.54) is 11.3 Å². The number of H-pyrrole nitrogens is 1. The number of amides is 1. The molecule has 2 aromatic heterocycles. The van der Waals surface area contributed by atoms with Crippen LogP contribution in [0.4, 0.5) is 11.4 Å². The van der Waals surface area contributed by atoms with Crippen molar-refractivity contribution in [3.8, 4) is 0 Å². The number of carbonyl (C=O) groups is 1. The highest BCUT2D eigenvalue weighted by atomic mass is 79.9. The summed E-state index contributed by atoms with van der Waals surface area (Å²) in [5.41, 5.74) is 9.25. The number of hydrogen-bond acceptors (Lipinski definition) is 4. The van der Waals surface area contributed by atoms with Gasteiger partial charge in [-0.25, -0.2) is 0 Å². The van der Waals surface area contributed by atoms with Crippen molar-refractivity contribution in [2.75, 3.05) is 18.2 Å². The van der Waals surface area contributed by atoms with E-state index in [4.69, 9.17) is 22.1 Å². The van der Waals surface area contributed by atoms with Crippen molar-refractivity contribution < 1.29 is 14.5 Å². The summed E-state index contributed by atoms with van der Waals surface area (Å²) in [6.45, 7) is 2.38. The lowest BCUT2D eigenvalue weighted by Crippen LogP contribution is -2.12. The van der Waals surface area contributed by atoms with E-state index in [1.807, 2.05) is 13.0 Å². The van der Waals surface area contributed by atoms with Gasteiger partial charge in [0.1, 0.15) is 4.88 Å². The third kappa shape index (κ3) is 3.64. The third-order valence-corrected chi connectivity index (χ3v) is 6.00. The molecule has 0 fully saturated rings. The lowest BCUT2D eigenvalue weighted by molar-refractivity contribution is -0.351. The first kappa shape index (κ1) is 18.1. The van der Waals surface area contributed by atoms with Crippen molar-refractivity contribution >= 4 is 66.4 Å². The van der Waals surface area contributed by atoms with Crippen molar-refractivity contribution in [3.05, 3.63) is 49.9 Å². The fourth-order valence-corrected chi connectivity index (χ4v) is 4.14. The molecule has 0 spiro atoms. The minimum absolute atomic E-state index is 0.272. The predicted octanol–water partition coefficient (Wildman–Crippen LogP) is 4.42. The number of thiophene rings is 1. The Morgan fingerprint density at radius 2 is 2.20 bits per heavy atom. The Balaban J connectivity index is 2.00. The highest BCUT2D eigenvalue weighted by Gasteiger charge is 2.23. The van der Waals surface area contributed by atoms with Crippen LogP contribution in [0.15, 0.2) is 28.7 Å². The average molecular weight is 442 g/mol. The monoisotopic (exact) mass is 440 g/mol. The summed E-state index contributed by atoms with van der Waals surface area (Å²) in [5.74, 6) is -0.272. The lowest BCUT2D eigenvalue weighted by Gasteiger charge is -2.06. The molecule has 0 saturated carbocycles. The number of ether oxygens (including phenoxy) is 1. The van der Waals surface area contributed by atoms with Gasteiger partial charge in [0.05, 0.1) is 22.7 Å². The molecule has 130 valence electrons. The number of carbonyl (C=O) groups excluding carboxylic acids is 1. The Morgan fingerprint density at radius 1 is 1.44 bits per heavy atom. The summed E-state index contributed by atoms with van der Waals surface area (Å²) in [5, 5.41) is 4.19. The van der Waals surface area contributed by atoms with Crippen LogP contribution in [-0.2, 0) is 11.3 Å². The van der Waals surface area contributed by atoms with Crippen LogP contribution in [0.1, 0.15) is 20.9 Å². The molecule has 8 heteroatoms. The summed E-state index contributed by atoms with van der Waals surface area (Å²) in [6.07, 6.45) is 0. The van der Waals surface area contributed by atoms with Crippen LogP contribution < -0.4 is 16.0 Å². The quantitative estimate of drug-likeness (QED) is 0.629. The summed E-state index contributed by atoms with van der Waals surface area (Å²) in [6, 6.07) is 7.20. The lowest BCUT2D eigenvalue weighted by atomic mass is 10.1. The maximum atomic E-state index is 12.7. The highest BCUT2D eigenvalue weighted by molar-refractivity contribution is 9.10. The number of anilines is 2. The average Bonchev–Trinajstić information content (AvgIpc) is 2.88. The smallest absolute Gasteiger partial charge is 0.270 e. The highest BCUT2D eigenvalue weighted by Crippen LogP contribution is 2.35. The Morgan fingerprint density at radius 3 is 2.88 bits per heavy atom. The third-order valence-electron chi connectivity index (χ3n) is 3.65. The molecule has 0 atom stereocenters. The van der Waals surface area contributed by atoms with Gasteiger partial charge in [-0.3, -0.25) is 4.79 Å². The van der Waals surface area contributed by atoms with E-state index in [0.717, 1.165) is 25.9 Å². The van der Waals surface area contributed by atoms with Crippen molar-refractivity contribution in [2.24, 2.45) is 0 Å². The molecule has 3 rings (SSSR count). The van der Waals surface area contributed by atoms with Gasteiger partial charge in [-0.1, -0.05) is 22.9 Å². The van der Waals surface area contributed by atoms with Crippen molar-refractivity contribution in [1.82, 2.24) is 0 Å². The van der Waals surface area contributed by atoms with E-state index in [1.54, 1.807) is 25.3 Å². The number of hydrogen-bond donors (Lipinski definition) is 2. The van der Waals surface area contributed by atoms with Gasteiger partial charge in [0.15, 0.2) is 5.69 Å². The normalized spacial score (nSPS) is 11.0. The first-order valence-electron chi connectivity index (χ1n) is 7.39. The molecule has 0 aliphatic carbocycles. The van der Waals surface area contributed by atoms with Crippen LogP contribution >= 0.6 is 38.9 Å². The zero-order chi connectivity index (χ0) is 18.1. The number of nitrogens with one attached hydrogen (secondary N) is 2. The molecule has 0 saturated heterocycles. The number of halogens is 2. The van der Waals surface area contributed by atoms with Crippen LogP contribution in [0.3, 0.4) is 0 Å². The number of nitrogens with two attached hydrogens (primary N) is 1. The van der Waals surface area contributed by atoms with Crippen molar-refractivity contribution in [2.45, 2.75) is 13.5 Å². The first-order chi connectivity index (χ1) is 11.9. The zero-order valence-corrected chi connectivity index (χ0v) is 16.7. The maximum absolute atomic E-state index is 12.7. The Bertz CT molecular complexity index is 974. The molecule has 0 unspecified atom stereocenters. The molecule has 2 heterocycles. The second-order valence-electron chi connectivity index (χ2n) is 5.54. The number of benzene rings is 1. The number of rotatable bonds is 4. The molecule has 0 bridgehead atoms. The van der Waals surface area contributed by atoms with E-state index in [0.29, 0.717) is 27.9 Å². The maximum Gasteiger partial charge on any atom is 0.270 e. The Labute approximate surface area is 162 Å². The van der Waals surface area contributed by atoms with E-state index in [-0.39, 0.29) is 5.91 Å². The van der Waals surface area contributed by atoms with Crippen LogP contribution in [0.2, 0.25) is 5.02 Å². The molecular formula is C17H16BrClN3O2S+. The topological polar surface area (TPSA) is 78.5 Å². The van der Waals surface area contributed by atoms with E-state index in [9.17, 15) is 4.79 Å². The number of fused-ring (bicyclic) bond motifs is 1. The molecule has 0 aliphatic rings. The van der Waals surface area contributed by atoms with Gasteiger partial charge in [0, 0.05) is 35.8 Å². The second-order valence-corrected chi connectivity index (χ2v) is 7.82. The van der Waals surface area contributed by atoms with Crippen LogP contribution in [0, 0.1) is 6.92 Å². The van der Waals surface area contributed by atoms with Gasteiger partial charge in [-0.2, -0.15) is 4.98 Å². The largest absolute Gasteiger partial charge is 0.397 e. The number of methoxy groups -OCH3 is 1. The van der Waals surface area contributed by atoms with E-state index < -0.39 is 0 Å². The number of aryl methyl sites for hydroxylation is 1. The van der Waals surface area contributed by atoms with Gasteiger partial charge in [0.2, 0.25) is 0 Å². The molecule has 0 aliphatic heterocycles. The van der Waals surface area contributed by atoms with Gasteiger partial charge in [0.25, 0.3) is 10.7 Å². The minimum atomic E-state index is -0.272. The molecule has 3 aromatic rings. The molecule has 1 amide bonds. The minimum Gasteiger partial charge on any atom is -0.397 e. The van der Waals surface area contributed by atoms with Crippen LogP contribution in [0.25, 0.3) is 10.2 Å². The predicted molar refractivity (Wildman–Crippen MR) is 105 cm³/mol. The van der Waals surface area contributed by atoms with Crippen LogP contribution in [0.5, 0.6) is 0 Å². The zero-order valence-electron chi connectivity index (χ0n) is 13.6. The SMILES string of the molecule is COCc1cc(C)[nH+]c2sc(C(=O)Nc3ccc(Br)c(Cl)c3)c(N)c12. The number of aromatic amines is 1. The van der Waals surface area contributed by atoms with E-state index >= 15 is 0 Å². The summed E-state index contributed by atoms with van der Waals surface area (Å²) in [4.78, 5) is 17.2. The summed E-state index contributed by atoms with van der Waals surface area (Å²) < 4.78 is 6.02. The molecule has 4 N–H and O–H groups in total. The second kappa shape index (κ2) is 7.29. The molecule has 1 aromatic carbocycles. The molecule has 5 nitrogen and oxygen atoms in total. The van der Waals surface area contributed by atoms with Gasteiger partial charge >= 0.3 is 0 Å². The number of pyridine rings is 1. The standard InChI is InChI=1S/C17H15BrClN3O2S/c1-8-5-9(7-24-2)13-14(20)15(25-17(13)21-8)16(23)22-10-3-4-11(18)12(19)6-10/h3-6H,7,20H2,1-2H3,(H,22,23)/p+1. The first-order valence-corrected chi connectivity index (χ1v) is 9.38. The van der Waals surface area contributed by atoms with Crippen molar-refractivity contribution in [1.29, 1.82) is 0 Å². The number of aromatic nitrogens is 1. The number of nitrogen functional groups attached to an aromatic ring is 1. The molecule has 25 heavy (non-hydrogen) atoms. The Kier molecular flexibility index (Phi) is 5.29. The fourth-order valence-electron chi connectivity index (χ4n) is 2.60. The molecule has 0 radical (unpaired) electrons. The van der Waals surface area contributed by atoms with Gasteiger partial charge in [-0.05, 0) is 34.1 Å². The van der Waals surface area contributed by atoms with Crippen LogP contribution in [-0.4, -0.2) is 13.0 Å². The van der Waals surface area contributed by atoms with Gasteiger partial charge < -0.3 is 15.8 Å². The summed E-state index contributed by atoms with van der Waals surface area (Å²) >= 11 is 10.7. The summed E-state index contributed by atoms with van der Waals surface area (Å²) in [7, 11) is 1.63. The Hall–Kier alpha value is -1.67. The molecular weight excluding hydrogens is 426 g/mol.